The van der Waals surface area contributed by atoms with Crippen LogP contribution in [0.5, 0.6) is 0 Å². The Balaban J connectivity index is 2.04. The van der Waals surface area contributed by atoms with Crippen LogP contribution in [0.25, 0.3) is 0 Å². The summed E-state index contributed by atoms with van der Waals surface area (Å²) in [6, 6.07) is 19.8. The Kier molecular flexibility index (Phi) is 5.27. The fraction of sp³-hybridized carbons (Fsp3) is 0.400. The van der Waals surface area contributed by atoms with Gasteiger partial charge in [0.25, 0.3) is 0 Å². The molecule has 0 aliphatic rings. The molecule has 2 aromatic carbocycles. The van der Waals surface area contributed by atoms with Crippen LogP contribution < -0.4 is 0 Å². The van der Waals surface area contributed by atoms with E-state index in [-0.39, 0.29) is 5.41 Å². The van der Waals surface area contributed by atoms with E-state index >= 15 is 0 Å². The van der Waals surface area contributed by atoms with E-state index in [0.717, 1.165) is 6.42 Å². The Hall–Kier alpha value is -1.08. The van der Waals surface area contributed by atoms with Crippen molar-refractivity contribution in [1.29, 1.82) is 0 Å². The summed E-state index contributed by atoms with van der Waals surface area (Å²) >= 11 is 3.86. The van der Waals surface area contributed by atoms with Gasteiger partial charge in [-0.05, 0) is 34.4 Å². The second-order valence-corrected chi connectivity index (χ2v) is 7.93. The third-order valence-corrected chi connectivity index (χ3v) is 5.43. The van der Waals surface area contributed by atoms with Gasteiger partial charge in [-0.1, -0.05) is 98.2 Å². The van der Waals surface area contributed by atoms with Gasteiger partial charge in [-0.25, -0.2) is 0 Å². The minimum Gasteiger partial charge on any atom is -0.0836 e. The van der Waals surface area contributed by atoms with Crippen molar-refractivity contribution in [3.8, 4) is 0 Å². The van der Waals surface area contributed by atoms with Crippen LogP contribution >= 0.6 is 15.9 Å². The summed E-state index contributed by atoms with van der Waals surface area (Å²) in [6.45, 7) is 9.09. The molecule has 2 atom stereocenters. The fourth-order valence-electron chi connectivity index (χ4n) is 2.58. The first-order valence-corrected chi connectivity index (χ1v) is 8.58. The number of alkyl halides is 1. The molecule has 2 aromatic rings. The molecule has 2 unspecified atom stereocenters. The quantitative estimate of drug-likeness (QED) is 0.571. The fourth-order valence-corrected chi connectivity index (χ4v) is 3.07. The van der Waals surface area contributed by atoms with Gasteiger partial charge in [0.15, 0.2) is 0 Å². The molecule has 0 radical (unpaired) electrons. The van der Waals surface area contributed by atoms with Gasteiger partial charge in [0.05, 0.1) is 0 Å². The molecule has 1 heteroatoms. The van der Waals surface area contributed by atoms with Crippen LogP contribution in [0.1, 0.15) is 49.2 Å². The molecule has 0 saturated carbocycles. The Labute approximate surface area is 137 Å². The van der Waals surface area contributed by atoms with Crippen LogP contribution in [0.3, 0.4) is 0 Å². The van der Waals surface area contributed by atoms with Crippen molar-refractivity contribution in [2.45, 2.75) is 44.4 Å². The lowest BCUT2D eigenvalue weighted by atomic mass is 9.86. The third kappa shape index (κ3) is 4.44. The summed E-state index contributed by atoms with van der Waals surface area (Å²) in [5.74, 6) is 0.563. The average molecular weight is 345 g/mol. The lowest BCUT2D eigenvalue weighted by Gasteiger charge is -2.21. The van der Waals surface area contributed by atoms with E-state index in [9.17, 15) is 0 Å². The lowest BCUT2D eigenvalue weighted by molar-refractivity contribution is 0.569. The first-order valence-electron chi connectivity index (χ1n) is 7.66. The number of hydrogen-bond acceptors (Lipinski definition) is 0. The van der Waals surface area contributed by atoms with Gasteiger partial charge in [0, 0.05) is 4.83 Å². The molecule has 0 amide bonds. The minimum atomic E-state index is 0.228. The van der Waals surface area contributed by atoms with Gasteiger partial charge in [0.1, 0.15) is 0 Å². The summed E-state index contributed by atoms with van der Waals surface area (Å²) in [4.78, 5) is 0.404. The third-order valence-electron chi connectivity index (χ3n) is 4.00. The molecule has 112 valence electrons. The maximum absolute atomic E-state index is 3.86. The van der Waals surface area contributed by atoms with Crippen molar-refractivity contribution < 1.29 is 0 Å². The molecule has 0 N–H and O–H groups in total. The maximum atomic E-state index is 3.86. The molecule has 0 aliphatic heterocycles. The smallest absolute Gasteiger partial charge is 0.0424 e. The maximum Gasteiger partial charge on any atom is 0.0424 e. The average Bonchev–Trinajstić information content (AvgIpc) is 2.47. The Morgan fingerprint density at radius 2 is 1.48 bits per heavy atom. The first-order chi connectivity index (χ1) is 9.88. The standard InChI is InChI=1S/C20H25Br/c1-15(19(21)17-8-6-5-7-9-17)14-16-10-12-18(13-11-16)20(2,3)4/h5-13,15,19H,14H2,1-4H3. The van der Waals surface area contributed by atoms with Crippen molar-refractivity contribution in [2.24, 2.45) is 5.92 Å². The van der Waals surface area contributed by atoms with Crippen molar-refractivity contribution in [3.05, 3.63) is 71.3 Å². The van der Waals surface area contributed by atoms with Gasteiger partial charge >= 0.3 is 0 Å². The summed E-state index contributed by atoms with van der Waals surface area (Å²) < 4.78 is 0. The molecule has 0 bridgehead atoms. The van der Waals surface area contributed by atoms with Gasteiger partial charge in [-0.3, -0.25) is 0 Å². The molecule has 0 heterocycles. The number of hydrogen-bond donors (Lipinski definition) is 0. The number of halogens is 1. The highest BCUT2D eigenvalue weighted by Gasteiger charge is 2.17. The molecule has 0 nitrogen and oxygen atoms in total. The topological polar surface area (TPSA) is 0 Å². The zero-order chi connectivity index (χ0) is 15.5. The molecule has 21 heavy (non-hydrogen) atoms. The molecular weight excluding hydrogens is 320 g/mol. The SMILES string of the molecule is CC(Cc1ccc(C(C)(C)C)cc1)C(Br)c1ccccc1. The van der Waals surface area contributed by atoms with E-state index in [1.54, 1.807) is 0 Å². The monoisotopic (exact) mass is 344 g/mol. The van der Waals surface area contributed by atoms with Crippen LogP contribution in [-0.2, 0) is 11.8 Å². The van der Waals surface area contributed by atoms with Crippen molar-refractivity contribution >= 4 is 15.9 Å². The Bertz CT molecular complexity index is 549. The summed E-state index contributed by atoms with van der Waals surface area (Å²) in [5.41, 5.74) is 4.40. The van der Waals surface area contributed by atoms with Crippen molar-refractivity contribution in [2.75, 3.05) is 0 Å². The van der Waals surface area contributed by atoms with E-state index < -0.39 is 0 Å². The number of rotatable bonds is 4. The van der Waals surface area contributed by atoms with Crippen LogP contribution in [0, 0.1) is 5.92 Å². The minimum absolute atomic E-state index is 0.228. The first kappa shape index (κ1) is 16.3. The number of benzene rings is 2. The Morgan fingerprint density at radius 3 is 2.00 bits per heavy atom. The predicted molar refractivity (Wildman–Crippen MR) is 96.1 cm³/mol. The van der Waals surface area contributed by atoms with Crippen LogP contribution in [0.15, 0.2) is 54.6 Å². The van der Waals surface area contributed by atoms with E-state index in [2.05, 4.69) is 98.2 Å². The summed E-state index contributed by atoms with van der Waals surface area (Å²) in [5, 5.41) is 0. The van der Waals surface area contributed by atoms with E-state index in [1.165, 1.54) is 16.7 Å². The predicted octanol–water partition coefficient (Wildman–Crippen LogP) is 6.30. The lowest BCUT2D eigenvalue weighted by Crippen LogP contribution is -2.11. The van der Waals surface area contributed by atoms with Crippen LogP contribution in [0.2, 0.25) is 0 Å². The summed E-state index contributed by atoms with van der Waals surface area (Å²) in [7, 11) is 0. The second kappa shape index (κ2) is 6.79. The molecule has 0 aliphatic carbocycles. The molecule has 0 aromatic heterocycles. The van der Waals surface area contributed by atoms with Crippen LogP contribution in [0.4, 0.5) is 0 Å². The molecular formula is C20H25Br. The molecule has 0 spiro atoms. The van der Waals surface area contributed by atoms with Gasteiger partial charge in [-0.2, -0.15) is 0 Å². The van der Waals surface area contributed by atoms with Crippen molar-refractivity contribution in [1.82, 2.24) is 0 Å². The highest BCUT2D eigenvalue weighted by Crippen LogP contribution is 2.33. The van der Waals surface area contributed by atoms with E-state index in [1.807, 2.05) is 0 Å². The molecule has 2 rings (SSSR count). The second-order valence-electron chi connectivity index (χ2n) is 6.94. The van der Waals surface area contributed by atoms with Crippen LogP contribution in [-0.4, -0.2) is 0 Å². The zero-order valence-electron chi connectivity index (χ0n) is 13.4. The summed E-state index contributed by atoms with van der Waals surface area (Å²) in [6.07, 6.45) is 1.09. The van der Waals surface area contributed by atoms with E-state index in [4.69, 9.17) is 0 Å². The van der Waals surface area contributed by atoms with Gasteiger partial charge in [-0.15, -0.1) is 0 Å². The highest BCUT2D eigenvalue weighted by atomic mass is 79.9. The van der Waals surface area contributed by atoms with Crippen molar-refractivity contribution in [3.63, 3.8) is 0 Å². The normalized spacial score (nSPS) is 14.7. The Morgan fingerprint density at radius 1 is 0.905 bits per heavy atom. The van der Waals surface area contributed by atoms with Gasteiger partial charge < -0.3 is 0 Å². The molecule has 0 fully saturated rings. The van der Waals surface area contributed by atoms with E-state index in [0.29, 0.717) is 10.7 Å². The van der Waals surface area contributed by atoms with Gasteiger partial charge in [0.2, 0.25) is 0 Å². The zero-order valence-corrected chi connectivity index (χ0v) is 15.0. The highest BCUT2D eigenvalue weighted by molar-refractivity contribution is 9.09. The molecule has 0 saturated heterocycles. The largest absolute Gasteiger partial charge is 0.0836 e.